The minimum Gasteiger partial charge on any atom is -0.340 e. The molecule has 2 amide bonds. The Labute approximate surface area is 191 Å². The van der Waals surface area contributed by atoms with E-state index >= 15 is 0 Å². The van der Waals surface area contributed by atoms with E-state index in [-0.39, 0.29) is 11.8 Å². The topological polar surface area (TPSA) is 62.3 Å². The van der Waals surface area contributed by atoms with Gasteiger partial charge in [-0.1, -0.05) is 54.6 Å². The van der Waals surface area contributed by atoms with E-state index in [1.54, 1.807) is 47.0 Å². The van der Waals surface area contributed by atoms with Gasteiger partial charge in [0.1, 0.15) is 6.04 Å². The zero-order valence-corrected chi connectivity index (χ0v) is 19.0. The molecular weight excluding hydrogens is 426 g/mol. The minimum absolute atomic E-state index is 0.188. The van der Waals surface area contributed by atoms with Crippen molar-refractivity contribution in [3.63, 3.8) is 0 Å². The van der Waals surface area contributed by atoms with Gasteiger partial charge in [0.25, 0.3) is 11.8 Å². The molecule has 3 rings (SSSR count). The average molecular weight is 452 g/mol. The largest absolute Gasteiger partial charge is 0.340 e. The number of amides is 2. The summed E-state index contributed by atoms with van der Waals surface area (Å²) in [5.74, 6) is 0.301. The lowest BCUT2D eigenvalue weighted by Crippen LogP contribution is -2.49. The molecule has 1 aromatic heterocycles. The first-order valence-corrected chi connectivity index (χ1v) is 12.2. The maximum absolute atomic E-state index is 13.5. The number of benzene rings is 2. The van der Waals surface area contributed by atoms with Crippen LogP contribution < -0.4 is 10.2 Å². The SMILES string of the molecule is C=CCN(C(=O)[C@@H](CCSC)NC(=O)c1ccccc1)c1nc(-c2ccccc2)cs1. The number of thioether (sulfide) groups is 1. The van der Waals surface area contributed by atoms with E-state index in [1.807, 2.05) is 48.0 Å². The Hall–Kier alpha value is -2.90. The first-order valence-electron chi connectivity index (χ1n) is 9.92. The molecule has 0 fully saturated rings. The van der Waals surface area contributed by atoms with E-state index < -0.39 is 6.04 Å². The van der Waals surface area contributed by atoms with Crippen LogP contribution in [0.3, 0.4) is 0 Å². The number of anilines is 1. The summed E-state index contributed by atoms with van der Waals surface area (Å²) in [6.07, 6.45) is 4.18. The van der Waals surface area contributed by atoms with E-state index in [4.69, 9.17) is 0 Å². The van der Waals surface area contributed by atoms with Crippen LogP contribution in [0.15, 0.2) is 78.7 Å². The number of nitrogens with zero attached hydrogens (tertiary/aromatic N) is 2. The number of hydrogen-bond acceptors (Lipinski definition) is 5. The minimum atomic E-state index is -0.649. The summed E-state index contributed by atoms with van der Waals surface area (Å²) in [4.78, 5) is 32.5. The number of rotatable bonds is 10. The third kappa shape index (κ3) is 6.06. The Morgan fingerprint density at radius 1 is 1.16 bits per heavy atom. The number of carbonyl (C=O) groups excluding carboxylic acids is 2. The molecule has 7 heteroatoms. The van der Waals surface area contributed by atoms with E-state index in [0.29, 0.717) is 23.7 Å². The van der Waals surface area contributed by atoms with Crippen LogP contribution in [0.2, 0.25) is 0 Å². The second-order valence-corrected chi connectivity index (χ2v) is 8.61. The molecule has 5 nitrogen and oxygen atoms in total. The van der Waals surface area contributed by atoms with Crippen LogP contribution in [0, 0.1) is 0 Å². The summed E-state index contributed by atoms with van der Waals surface area (Å²) in [6, 6.07) is 18.1. The summed E-state index contributed by atoms with van der Waals surface area (Å²) in [5.41, 5.74) is 2.34. The molecule has 31 heavy (non-hydrogen) atoms. The van der Waals surface area contributed by atoms with Crippen molar-refractivity contribution >= 4 is 40.0 Å². The third-order valence-corrected chi connectivity index (χ3v) is 6.13. The normalized spacial score (nSPS) is 11.5. The average Bonchev–Trinajstić information content (AvgIpc) is 3.30. The van der Waals surface area contributed by atoms with Gasteiger partial charge in [0.05, 0.1) is 5.69 Å². The number of thiazole rings is 1. The summed E-state index contributed by atoms with van der Waals surface area (Å²) in [6.45, 7) is 4.11. The zero-order valence-electron chi connectivity index (χ0n) is 17.4. The van der Waals surface area contributed by atoms with Crippen LogP contribution in [-0.4, -0.2) is 41.4 Å². The quantitative estimate of drug-likeness (QED) is 0.446. The van der Waals surface area contributed by atoms with E-state index in [2.05, 4.69) is 16.9 Å². The fourth-order valence-electron chi connectivity index (χ4n) is 3.03. The molecule has 0 saturated heterocycles. The maximum Gasteiger partial charge on any atom is 0.251 e. The van der Waals surface area contributed by atoms with Gasteiger partial charge in [0.15, 0.2) is 5.13 Å². The molecule has 160 valence electrons. The highest BCUT2D eigenvalue weighted by atomic mass is 32.2. The van der Waals surface area contributed by atoms with Crippen molar-refractivity contribution in [1.82, 2.24) is 10.3 Å². The molecule has 0 saturated carbocycles. The number of carbonyl (C=O) groups is 2. The van der Waals surface area contributed by atoms with Crippen molar-refractivity contribution in [2.24, 2.45) is 0 Å². The van der Waals surface area contributed by atoms with Gasteiger partial charge in [0, 0.05) is 23.1 Å². The van der Waals surface area contributed by atoms with Crippen LogP contribution in [0.5, 0.6) is 0 Å². The van der Waals surface area contributed by atoms with Crippen molar-refractivity contribution in [1.29, 1.82) is 0 Å². The smallest absolute Gasteiger partial charge is 0.251 e. The zero-order chi connectivity index (χ0) is 22.1. The number of aromatic nitrogens is 1. The summed E-state index contributed by atoms with van der Waals surface area (Å²) in [7, 11) is 0. The lowest BCUT2D eigenvalue weighted by molar-refractivity contribution is -0.120. The van der Waals surface area contributed by atoms with Crippen LogP contribution in [0.4, 0.5) is 5.13 Å². The van der Waals surface area contributed by atoms with Crippen molar-refractivity contribution in [3.05, 3.63) is 84.3 Å². The summed E-state index contributed by atoms with van der Waals surface area (Å²) in [5, 5.41) is 5.44. The predicted octanol–water partition coefficient (Wildman–Crippen LogP) is 4.88. The van der Waals surface area contributed by atoms with Crippen LogP contribution in [0.25, 0.3) is 11.3 Å². The molecule has 0 aliphatic heterocycles. The van der Waals surface area contributed by atoms with Gasteiger partial charge in [-0.2, -0.15) is 11.8 Å². The molecule has 0 unspecified atom stereocenters. The van der Waals surface area contributed by atoms with Crippen molar-refractivity contribution in [3.8, 4) is 11.3 Å². The Morgan fingerprint density at radius 2 is 1.84 bits per heavy atom. The second kappa shape index (κ2) is 11.5. The monoisotopic (exact) mass is 451 g/mol. The van der Waals surface area contributed by atoms with Gasteiger partial charge in [0.2, 0.25) is 0 Å². The van der Waals surface area contributed by atoms with E-state index in [1.165, 1.54) is 11.3 Å². The number of hydrogen-bond donors (Lipinski definition) is 1. The molecule has 0 spiro atoms. The van der Waals surface area contributed by atoms with Crippen molar-refractivity contribution < 1.29 is 9.59 Å². The molecule has 1 heterocycles. The molecule has 3 aromatic rings. The molecule has 1 N–H and O–H groups in total. The van der Waals surface area contributed by atoms with Crippen LogP contribution >= 0.6 is 23.1 Å². The highest BCUT2D eigenvalue weighted by molar-refractivity contribution is 7.98. The second-order valence-electron chi connectivity index (χ2n) is 6.79. The van der Waals surface area contributed by atoms with Crippen LogP contribution in [0.1, 0.15) is 16.8 Å². The predicted molar refractivity (Wildman–Crippen MR) is 131 cm³/mol. The van der Waals surface area contributed by atoms with Gasteiger partial charge in [-0.3, -0.25) is 14.5 Å². The Morgan fingerprint density at radius 3 is 2.48 bits per heavy atom. The summed E-state index contributed by atoms with van der Waals surface area (Å²) >= 11 is 3.04. The van der Waals surface area contributed by atoms with Gasteiger partial charge in [-0.15, -0.1) is 17.9 Å². The van der Waals surface area contributed by atoms with Crippen molar-refractivity contribution in [2.75, 3.05) is 23.5 Å². The number of nitrogens with one attached hydrogen (secondary N) is 1. The standard InChI is InChI=1S/C24H25N3O2S2/c1-3-15-27(24-26-21(17-31-24)18-10-6-4-7-11-18)23(29)20(14-16-30-2)25-22(28)19-12-8-5-9-13-19/h3-13,17,20H,1,14-16H2,2H3,(H,25,28)/t20-/m1/s1. The summed E-state index contributed by atoms with van der Waals surface area (Å²) < 4.78 is 0. The maximum atomic E-state index is 13.5. The highest BCUT2D eigenvalue weighted by Crippen LogP contribution is 2.28. The molecule has 0 bridgehead atoms. The molecule has 2 aromatic carbocycles. The van der Waals surface area contributed by atoms with Gasteiger partial charge in [-0.25, -0.2) is 4.98 Å². The van der Waals surface area contributed by atoms with E-state index in [9.17, 15) is 9.59 Å². The Kier molecular flexibility index (Phi) is 8.44. The Bertz CT molecular complexity index is 1010. The fourth-order valence-corrected chi connectivity index (χ4v) is 4.35. The van der Waals surface area contributed by atoms with Crippen LogP contribution in [-0.2, 0) is 4.79 Å². The van der Waals surface area contributed by atoms with Gasteiger partial charge in [-0.05, 0) is 30.6 Å². The molecule has 0 radical (unpaired) electrons. The van der Waals surface area contributed by atoms with Crippen molar-refractivity contribution in [2.45, 2.75) is 12.5 Å². The first-order chi connectivity index (χ1) is 15.1. The highest BCUT2D eigenvalue weighted by Gasteiger charge is 2.28. The molecule has 1 atom stereocenters. The molecule has 0 aliphatic carbocycles. The fraction of sp³-hybridized carbons (Fsp3) is 0.208. The molecular formula is C24H25N3O2S2. The van der Waals surface area contributed by atoms with E-state index in [0.717, 1.165) is 17.0 Å². The molecule has 0 aliphatic rings. The lowest BCUT2D eigenvalue weighted by Gasteiger charge is -2.25. The van der Waals surface area contributed by atoms with Gasteiger partial charge < -0.3 is 5.32 Å². The Balaban J connectivity index is 1.83. The lowest BCUT2D eigenvalue weighted by atomic mass is 10.1. The first kappa shape index (κ1) is 22.8. The third-order valence-electron chi connectivity index (χ3n) is 4.62. The van der Waals surface area contributed by atoms with Gasteiger partial charge >= 0.3 is 0 Å².